The number of carbonyl (C=O) groups excluding carboxylic acids is 2. The quantitative estimate of drug-likeness (QED) is 0.312. The normalized spacial score (nSPS) is 8.64. The molecule has 1 aromatic rings. The first kappa shape index (κ1) is 13.3. The van der Waals surface area contributed by atoms with E-state index in [4.69, 9.17) is 5.11 Å². The summed E-state index contributed by atoms with van der Waals surface area (Å²) in [5, 5.41) is 8.33. The van der Waals surface area contributed by atoms with Crippen molar-refractivity contribution in [1.29, 1.82) is 0 Å². The number of ether oxygens (including phenoxy) is 1. The topological polar surface area (TPSA) is 63.6 Å². The molecule has 1 aromatic carbocycles. The number of carbonyl (C=O) groups is 2. The number of Topliss-reactive ketones (excluding diaryl/α,β-unsaturated/α-hetero) is 1. The average molecular weight is 204 g/mol. The summed E-state index contributed by atoms with van der Waals surface area (Å²) >= 11 is 0. The summed E-state index contributed by atoms with van der Waals surface area (Å²) in [6, 6.07) is 8.19. The molecule has 14 heavy (non-hydrogen) atoms. The molecule has 0 aliphatic carbocycles. The second kappa shape index (κ2) is 6.73. The van der Waals surface area contributed by atoms with Crippen molar-refractivity contribution in [3.63, 3.8) is 0 Å². The Morgan fingerprint density at radius 1 is 1.21 bits per heavy atom. The van der Waals surface area contributed by atoms with Gasteiger partial charge in [0, 0.05) is 0 Å². The monoisotopic (exact) mass is 204 g/mol. The Morgan fingerprint density at radius 2 is 1.79 bits per heavy atom. The van der Waals surface area contributed by atoms with E-state index in [1.165, 1.54) is 0 Å². The van der Waals surface area contributed by atoms with Crippen molar-refractivity contribution in [3.05, 3.63) is 30.3 Å². The molecule has 0 saturated carbocycles. The molecule has 0 amide bonds. The van der Waals surface area contributed by atoms with Gasteiger partial charge in [0.2, 0.25) is 0 Å². The molecule has 1 rings (SSSR count). The van der Waals surface area contributed by atoms with Gasteiger partial charge < -0.3 is 9.84 Å². The zero-order valence-corrected chi connectivity index (χ0v) is 6.77. The number of aliphatic hydroxyl groups excluding tert-OH is 1. The van der Waals surface area contributed by atoms with E-state index in [9.17, 15) is 9.59 Å². The second-order valence-corrected chi connectivity index (χ2v) is 2.28. The summed E-state index contributed by atoms with van der Waals surface area (Å²) in [7, 11) is 0. The third kappa shape index (κ3) is 4.02. The first-order valence-corrected chi connectivity index (χ1v) is 3.65. The molecule has 4 nitrogen and oxygen atoms in total. The van der Waals surface area contributed by atoms with Crippen LogP contribution in [0.4, 0.5) is 0 Å². The van der Waals surface area contributed by atoms with Gasteiger partial charge in [0.15, 0.2) is 0 Å². The third-order valence-corrected chi connectivity index (χ3v) is 1.33. The van der Waals surface area contributed by atoms with Crippen molar-refractivity contribution >= 4 is 41.3 Å². The molecule has 0 spiro atoms. The van der Waals surface area contributed by atoms with Crippen LogP contribution in [0.25, 0.3) is 0 Å². The third-order valence-electron chi connectivity index (χ3n) is 1.33. The molecule has 1 N–H and O–H groups in total. The summed E-state index contributed by atoms with van der Waals surface area (Å²) in [6.07, 6.45) is 0. The molecular weight excluding hydrogens is 195 g/mol. The number of hydrogen-bond acceptors (Lipinski definition) is 4. The molecule has 0 unspecified atom stereocenters. The summed E-state index contributed by atoms with van der Waals surface area (Å²) in [6.45, 7) is -0.828. The van der Waals surface area contributed by atoms with Gasteiger partial charge in [-0.2, -0.15) is 0 Å². The van der Waals surface area contributed by atoms with Crippen LogP contribution in [0.3, 0.4) is 0 Å². The van der Waals surface area contributed by atoms with Gasteiger partial charge in [0.05, 0.1) is 0 Å². The van der Waals surface area contributed by atoms with Crippen LogP contribution in [-0.4, -0.2) is 53.0 Å². The second-order valence-electron chi connectivity index (χ2n) is 2.28. The number of benzene rings is 1. The van der Waals surface area contributed by atoms with Gasteiger partial charge in [0.1, 0.15) is 12.4 Å². The molecule has 0 bridgehead atoms. The molecule has 0 aliphatic rings. The Balaban J connectivity index is 0.00000169. The molecule has 0 saturated heterocycles. The predicted octanol–water partition coefficient (Wildman–Crippen LogP) is -0.495. The van der Waals surface area contributed by atoms with Crippen molar-refractivity contribution in [2.24, 2.45) is 0 Å². The van der Waals surface area contributed by atoms with Crippen molar-refractivity contribution in [2.75, 3.05) is 6.61 Å². The van der Waals surface area contributed by atoms with E-state index in [0.29, 0.717) is 0 Å². The van der Waals surface area contributed by atoms with Crippen LogP contribution in [-0.2, 0) is 9.59 Å². The molecule has 5 heteroatoms. The van der Waals surface area contributed by atoms with Gasteiger partial charge in [-0.25, -0.2) is 4.79 Å². The fraction of sp³-hybridized carbons (Fsp3) is 0.111. The Bertz CT molecular complexity index is 310. The predicted molar refractivity (Wildman–Crippen MR) is 51.3 cm³/mol. The van der Waals surface area contributed by atoms with Gasteiger partial charge in [-0.15, -0.1) is 0 Å². The van der Waals surface area contributed by atoms with Crippen LogP contribution >= 0.6 is 0 Å². The van der Waals surface area contributed by atoms with E-state index in [0.717, 1.165) is 0 Å². The van der Waals surface area contributed by atoms with Gasteiger partial charge in [0.25, 0.3) is 5.78 Å². The molecule has 0 heterocycles. The first-order valence-electron chi connectivity index (χ1n) is 3.65. The van der Waals surface area contributed by atoms with Crippen LogP contribution in [0.1, 0.15) is 0 Å². The maximum atomic E-state index is 10.8. The van der Waals surface area contributed by atoms with Crippen LogP contribution in [0.5, 0.6) is 5.75 Å². The van der Waals surface area contributed by atoms with Crippen molar-refractivity contribution in [2.45, 2.75) is 0 Å². The fourth-order valence-corrected chi connectivity index (χ4v) is 0.717. The molecule has 0 radical (unpaired) electrons. The molecule has 0 aliphatic heterocycles. The van der Waals surface area contributed by atoms with Crippen LogP contribution in [0.15, 0.2) is 30.3 Å². The van der Waals surface area contributed by atoms with E-state index in [2.05, 4.69) is 4.74 Å². The average Bonchev–Trinajstić information content (AvgIpc) is 2.18. The number of ketones is 1. The maximum absolute atomic E-state index is 10.8. The number of aliphatic hydroxyl groups is 1. The van der Waals surface area contributed by atoms with E-state index in [1.807, 2.05) is 0 Å². The number of esters is 1. The molecule has 0 aromatic heterocycles. The summed E-state index contributed by atoms with van der Waals surface area (Å²) in [4.78, 5) is 21.4. The van der Waals surface area contributed by atoms with Crippen LogP contribution < -0.4 is 4.74 Å². The molecular formula is C9H9NaO4. The van der Waals surface area contributed by atoms with E-state index >= 15 is 0 Å². The van der Waals surface area contributed by atoms with Crippen molar-refractivity contribution in [3.8, 4) is 5.75 Å². The Kier molecular flexibility index (Phi) is 6.40. The fourth-order valence-electron chi connectivity index (χ4n) is 0.717. The van der Waals surface area contributed by atoms with E-state index in [-0.39, 0.29) is 35.3 Å². The standard InChI is InChI=1S/C9H8O4.Na.H/c10-6-8(11)9(12)13-7-4-2-1-3-5-7;;/h1-5,10H,6H2;;. The Labute approximate surface area is 103 Å². The minimum atomic E-state index is -1.05. The molecule has 0 fully saturated rings. The van der Waals surface area contributed by atoms with Gasteiger partial charge >= 0.3 is 35.5 Å². The van der Waals surface area contributed by atoms with E-state index < -0.39 is 18.4 Å². The van der Waals surface area contributed by atoms with Crippen molar-refractivity contribution < 1.29 is 19.4 Å². The number of para-hydroxylation sites is 1. The number of rotatable bonds is 3. The van der Waals surface area contributed by atoms with Gasteiger partial charge in [-0.1, -0.05) is 18.2 Å². The van der Waals surface area contributed by atoms with Crippen LogP contribution in [0.2, 0.25) is 0 Å². The summed E-state index contributed by atoms with van der Waals surface area (Å²) in [5.41, 5.74) is 0. The van der Waals surface area contributed by atoms with Crippen molar-refractivity contribution in [1.82, 2.24) is 0 Å². The Hall–Kier alpha value is -0.680. The number of hydrogen-bond donors (Lipinski definition) is 1. The first-order chi connectivity index (χ1) is 6.24. The minimum absolute atomic E-state index is 0. The molecule has 0 atom stereocenters. The van der Waals surface area contributed by atoms with Crippen LogP contribution in [0, 0.1) is 0 Å². The van der Waals surface area contributed by atoms with Gasteiger partial charge in [-0.3, -0.25) is 4.79 Å². The summed E-state index contributed by atoms with van der Waals surface area (Å²) in [5.74, 6) is -1.72. The zero-order chi connectivity index (χ0) is 9.68. The Morgan fingerprint density at radius 3 is 2.29 bits per heavy atom. The zero-order valence-electron chi connectivity index (χ0n) is 6.77. The van der Waals surface area contributed by atoms with E-state index in [1.54, 1.807) is 30.3 Å². The SMILES string of the molecule is O=C(CO)C(=O)Oc1ccccc1.[NaH]. The molecule has 70 valence electrons. The van der Waals surface area contributed by atoms with Gasteiger partial charge in [-0.05, 0) is 12.1 Å². The summed E-state index contributed by atoms with van der Waals surface area (Å²) < 4.78 is 4.62.